The van der Waals surface area contributed by atoms with Crippen molar-refractivity contribution in [3.63, 3.8) is 0 Å². The lowest BCUT2D eigenvalue weighted by molar-refractivity contribution is 0.959. The average molecular weight is 171 g/mol. The van der Waals surface area contributed by atoms with Crippen LogP contribution in [0.3, 0.4) is 0 Å². The van der Waals surface area contributed by atoms with Gasteiger partial charge in [-0.15, -0.1) is 11.6 Å². The summed E-state index contributed by atoms with van der Waals surface area (Å²) in [5, 5.41) is 0. The Bertz CT molecular complexity index is 148. The van der Waals surface area contributed by atoms with Crippen molar-refractivity contribution in [2.75, 3.05) is 5.88 Å². The van der Waals surface area contributed by atoms with Gasteiger partial charge in [-0.1, -0.05) is 31.3 Å². The molecular formula is C10H15Cl. The first-order valence-corrected chi connectivity index (χ1v) is 4.64. The molecule has 0 radical (unpaired) electrons. The summed E-state index contributed by atoms with van der Waals surface area (Å²) < 4.78 is 0. The van der Waals surface area contributed by atoms with E-state index >= 15 is 0 Å². The summed E-state index contributed by atoms with van der Waals surface area (Å²) in [6.07, 6.45) is 8.27. The minimum atomic E-state index is 0.716. The smallest absolute Gasteiger partial charge is 0.0232 e. The van der Waals surface area contributed by atoms with Gasteiger partial charge in [-0.25, -0.2) is 0 Å². The predicted octanol–water partition coefficient (Wildman–Crippen LogP) is 3.37. The average Bonchev–Trinajstić information content (AvgIpc) is 2.03. The molecule has 0 N–H and O–H groups in total. The van der Waals surface area contributed by atoms with Crippen molar-refractivity contribution >= 4 is 11.6 Å². The number of halogens is 1. The van der Waals surface area contributed by atoms with Crippen LogP contribution in [0.15, 0.2) is 12.2 Å². The SMILES string of the molecule is CCC/C=C/C#CCCCCl. The quantitative estimate of drug-likeness (QED) is 0.345. The molecule has 0 aliphatic heterocycles. The lowest BCUT2D eigenvalue weighted by atomic mass is 10.3. The van der Waals surface area contributed by atoms with E-state index in [2.05, 4.69) is 24.8 Å². The van der Waals surface area contributed by atoms with Crippen LogP contribution < -0.4 is 0 Å². The topological polar surface area (TPSA) is 0 Å². The van der Waals surface area contributed by atoms with Crippen LogP contribution >= 0.6 is 11.6 Å². The third-order valence-electron chi connectivity index (χ3n) is 1.19. The van der Waals surface area contributed by atoms with Gasteiger partial charge in [-0.2, -0.15) is 0 Å². The van der Waals surface area contributed by atoms with Gasteiger partial charge in [0.05, 0.1) is 0 Å². The van der Waals surface area contributed by atoms with E-state index < -0.39 is 0 Å². The van der Waals surface area contributed by atoms with Gasteiger partial charge in [0.2, 0.25) is 0 Å². The molecule has 0 nitrogen and oxygen atoms in total. The number of hydrogen-bond acceptors (Lipinski definition) is 0. The summed E-state index contributed by atoms with van der Waals surface area (Å²) in [6, 6.07) is 0. The predicted molar refractivity (Wildman–Crippen MR) is 51.8 cm³/mol. The van der Waals surface area contributed by atoms with Gasteiger partial charge >= 0.3 is 0 Å². The highest BCUT2D eigenvalue weighted by atomic mass is 35.5. The minimum Gasteiger partial charge on any atom is -0.127 e. The highest BCUT2D eigenvalue weighted by Gasteiger charge is 1.75. The third-order valence-corrected chi connectivity index (χ3v) is 1.46. The van der Waals surface area contributed by atoms with Crippen LogP contribution in [0.5, 0.6) is 0 Å². The van der Waals surface area contributed by atoms with Crippen molar-refractivity contribution in [2.24, 2.45) is 0 Å². The molecule has 11 heavy (non-hydrogen) atoms. The first-order valence-electron chi connectivity index (χ1n) is 4.11. The second-order valence-corrected chi connectivity index (χ2v) is 2.68. The van der Waals surface area contributed by atoms with Crippen molar-refractivity contribution in [3.8, 4) is 11.8 Å². The van der Waals surface area contributed by atoms with Gasteiger partial charge in [0.25, 0.3) is 0 Å². The maximum Gasteiger partial charge on any atom is 0.0232 e. The zero-order valence-electron chi connectivity index (χ0n) is 7.07. The van der Waals surface area contributed by atoms with Gasteiger partial charge in [0.1, 0.15) is 0 Å². The molecule has 62 valence electrons. The fraction of sp³-hybridized carbons (Fsp3) is 0.600. The second kappa shape index (κ2) is 9.59. The van der Waals surface area contributed by atoms with E-state index in [0.29, 0.717) is 5.88 Å². The highest BCUT2D eigenvalue weighted by Crippen LogP contribution is 1.89. The second-order valence-electron chi connectivity index (χ2n) is 2.30. The van der Waals surface area contributed by atoms with Crippen LogP contribution in [0.1, 0.15) is 32.6 Å². The number of alkyl halides is 1. The maximum absolute atomic E-state index is 5.48. The van der Waals surface area contributed by atoms with E-state index in [1.807, 2.05) is 6.08 Å². The van der Waals surface area contributed by atoms with Crippen molar-refractivity contribution < 1.29 is 0 Å². The Kier molecular flexibility index (Phi) is 9.23. The monoisotopic (exact) mass is 170 g/mol. The van der Waals surface area contributed by atoms with E-state index in [-0.39, 0.29) is 0 Å². The molecular weight excluding hydrogens is 156 g/mol. The minimum absolute atomic E-state index is 0.716. The first-order chi connectivity index (χ1) is 5.41. The van der Waals surface area contributed by atoms with Crippen LogP contribution in [0, 0.1) is 11.8 Å². The Labute approximate surface area is 74.6 Å². The van der Waals surface area contributed by atoms with Gasteiger partial charge in [0, 0.05) is 12.3 Å². The van der Waals surface area contributed by atoms with Gasteiger partial charge in [0.15, 0.2) is 0 Å². The zero-order valence-corrected chi connectivity index (χ0v) is 7.82. The van der Waals surface area contributed by atoms with Crippen LogP contribution in [0.4, 0.5) is 0 Å². The summed E-state index contributed by atoms with van der Waals surface area (Å²) in [4.78, 5) is 0. The van der Waals surface area contributed by atoms with E-state index in [1.165, 1.54) is 6.42 Å². The van der Waals surface area contributed by atoms with Gasteiger partial charge in [-0.05, 0) is 18.9 Å². The molecule has 0 bridgehead atoms. The van der Waals surface area contributed by atoms with Crippen LogP contribution in [0.2, 0.25) is 0 Å². The molecule has 0 saturated carbocycles. The Balaban J connectivity index is 3.24. The molecule has 0 aromatic heterocycles. The van der Waals surface area contributed by atoms with E-state index in [1.54, 1.807) is 0 Å². The maximum atomic E-state index is 5.48. The molecule has 0 aromatic carbocycles. The van der Waals surface area contributed by atoms with Crippen LogP contribution in [-0.2, 0) is 0 Å². The van der Waals surface area contributed by atoms with E-state index in [9.17, 15) is 0 Å². The standard InChI is InChI=1S/C10H15Cl/c1-2-3-4-5-6-7-8-9-10-11/h4-5H,2-3,8-10H2,1H3/b5-4+. The fourth-order valence-electron chi connectivity index (χ4n) is 0.595. The van der Waals surface area contributed by atoms with Gasteiger partial charge in [-0.3, -0.25) is 0 Å². The van der Waals surface area contributed by atoms with Gasteiger partial charge < -0.3 is 0 Å². The molecule has 0 fully saturated rings. The number of allylic oxidation sites excluding steroid dienone is 2. The molecule has 0 aromatic rings. The van der Waals surface area contributed by atoms with E-state index in [4.69, 9.17) is 11.6 Å². The Hall–Kier alpha value is -0.410. The van der Waals surface area contributed by atoms with Crippen LogP contribution in [0.25, 0.3) is 0 Å². The summed E-state index contributed by atoms with van der Waals surface area (Å²) in [6.45, 7) is 2.16. The number of hydrogen-bond donors (Lipinski definition) is 0. The number of unbranched alkanes of at least 4 members (excludes halogenated alkanes) is 2. The third kappa shape index (κ3) is 9.59. The zero-order chi connectivity index (χ0) is 8.36. The lowest BCUT2D eigenvalue weighted by Crippen LogP contribution is -1.70. The molecule has 1 heteroatoms. The summed E-state index contributed by atoms with van der Waals surface area (Å²) in [7, 11) is 0. The summed E-state index contributed by atoms with van der Waals surface area (Å²) >= 11 is 5.48. The Morgan fingerprint density at radius 1 is 1.45 bits per heavy atom. The van der Waals surface area contributed by atoms with Crippen LogP contribution in [-0.4, -0.2) is 5.88 Å². The number of rotatable bonds is 4. The molecule has 0 aliphatic carbocycles. The fourth-order valence-corrected chi connectivity index (χ4v) is 0.729. The molecule has 0 unspecified atom stereocenters. The van der Waals surface area contributed by atoms with Crippen molar-refractivity contribution in [3.05, 3.63) is 12.2 Å². The summed E-state index contributed by atoms with van der Waals surface area (Å²) in [5.41, 5.74) is 0. The van der Waals surface area contributed by atoms with Crippen molar-refractivity contribution in [2.45, 2.75) is 32.6 Å². The molecule has 0 amide bonds. The summed E-state index contributed by atoms with van der Waals surface area (Å²) in [5.74, 6) is 6.71. The lowest BCUT2D eigenvalue weighted by Gasteiger charge is -1.81. The molecule has 0 rings (SSSR count). The Morgan fingerprint density at radius 2 is 2.27 bits per heavy atom. The molecule has 0 aliphatic rings. The molecule has 0 heterocycles. The van der Waals surface area contributed by atoms with Crippen molar-refractivity contribution in [1.82, 2.24) is 0 Å². The normalized spacial score (nSPS) is 9.64. The molecule has 0 saturated heterocycles. The molecule has 0 atom stereocenters. The molecule has 0 spiro atoms. The first kappa shape index (κ1) is 10.6. The van der Waals surface area contributed by atoms with Crippen molar-refractivity contribution in [1.29, 1.82) is 0 Å². The van der Waals surface area contributed by atoms with E-state index in [0.717, 1.165) is 19.3 Å². The Morgan fingerprint density at radius 3 is 2.91 bits per heavy atom. The highest BCUT2D eigenvalue weighted by molar-refractivity contribution is 6.17. The largest absolute Gasteiger partial charge is 0.127 e.